The van der Waals surface area contributed by atoms with E-state index in [9.17, 15) is 22.8 Å². The van der Waals surface area contributed by atoms with Gasteiger partial charge in [-0.15, -0.1) is 0 Å². The van der Waals surface area contributed by atoms with Gasteiger partial charge in [0.2, 0.25) is 17.7 Å². The van der Waals surface area contributed by atoms with E-state index in [2.05, 4.69) is 5.32 Å². The molecule has 0 bridgehead atoms. The molecule has 1 saturated heterocycles. The van der Waals surface area contributed by atoms with Crippen LogP contribution in [-0.4, -0.2) is 26.1 Å². The summed E-state index contributed by atoms with van der Waals surface area (Å²) in [6, 6.07) is 11.4. The van der Waals surface area contributed by atoms with Crippen molar-refractivity contribution < 1.29 is 27.0 Å². The maximum Gasteiger partial charge on any atom is 0.339 e. The first-order chi connectivity index (χ1) is 14.8. The normalized spacial score (nSPS) is 21.0. The third kappa shape index (κ3) is 4.18. The Kier molecular flexibility index (Phi) is 5.53. The molecule has 31 heavy (non-hydrogen) atoms. The fourth-order valence-corrected chi connectivity index (χ4v) is 5.08. The molecule has 3 amide bonds. The predicted octanol–water partition coefficient (Wildman–Crippen LogP) is 3.09. The highest BCUT2D eigenvalue weighted by Crippen LogP contribution is 2.40. The van der Waals surface area contributed by atoms with Gasteiger partial charge in [-0.25, -0.2) is 0 Å². The minimum atomic E-state index is -4.09. The van der Waals surface area contributed by atoms with Gasteiger partial charge < -0.3 is 9.50 Å². The van der Waals surface area contributed by atoms with Crippen LogP contribution in [0.3, 0.4) is 0 Å². The highest BCUT2D eigenvalue weighted by atomic mass is 32.2. The molecule has 1 aliphatic heterocycles. The van der Waals surface area contributed by atoms with Gasteiger partial charge in [0.25, 0.3) is 0 Å². The quantitative estimate of drug-likeness (QED) is 0.563. The molecule has 1 N–H and O–H groups in total. The standard InChI is InChI=1S/C22H22N2O6S/c1-14(25)23-15-6-12-18(13-7-15)31(28,29)30-17-10-8-16(9-11-17)24-21(26)19-4-2-3-5-20(19)22(24)27/h6-13,19-20H,2-5H2,1H3,(H,23,25)/t19-,20-/m1/s1. The Hall–Kier alpha value is -3.20. The Bertz CT molecular complexity index is 1100. The molecule has 0 radical (unpaired) electrons. The first kappa shape index (κ1) is 21.0. The van der Waals surface area contributed by atoms with E-state index in [0.29, 0.717) is 11.4 Å². The zero-order valence-electron chi connectivity index (χ0n) is 16.9. The molecular formula is C22H22N2O6S. The third-order valence-electron chi connectivity index (χ3n) is 5.61. The first-order valence-electron chi connectivity index (χ1n) is 10.1. The molecule has 1 saturated carbocycles. The number of amides is 3. The van der Waals surface area contributed by atoms with Crippen LogP contribution in [0.4, 0.5) is 11.4 Å². The van der Waals surface area contributed by atoms with E-state index >= 15 is 0 Å². The van der Waals surface area contributed by atoms with Crippen LogP contribution < -0.4 is 14.4 Å². The molecule has 4 rings (SSSR count). The Morgan fingerprint density at radius 1 is 0.935 bits per heavy atom. The van der Waals surface area contributed by atoms with Gasteiger partial charge in [0.1, 0.15) is 10.6 Å². The topological polar surface area (TPSA) is 110 Å². The Labute approximate surface area is 180 Å². The summed E-state index contributed by atoms with van der Waals surface area (Å²) in [5.74, 6) is -1.08. The second kappa shape index (κ2) is 8.14. The molecule has 1 aliphatic carbocycles. The fraction of sp³-hybridized carbons (Fsp3) is 0.318. The van der Waals surface area contributed by atoms with Crippen LogP contribution in [-0.2, 0) is 24.5 Å². The van der Waals surface area contributed by atoms with Gasteiger partial charge in [-0.05, 0) is 61.4 Å². The SMILES string of the molecule is CC(=O)Nc1ccc(S(=O)(=O)Oc2ccc(N3C(=O)[C@@H]4CCCC[C@H]4C3=O)cc2)cc1. The summed E-state index contributed by atoms with van der Waals surface area (Å²) in [5, 5.41) is 2.56. The van der Waals surface area contributed by atoms with Gasteiger partial charge in [-0.1, -0.05) is 12.8 Å². The first-order valence-corrected chi connectivity index (χ1v) is 11.5. The number of benzene rings is 2. The lowest BCUT2D eigenvalue weighted by molar-refractivity contribution is -0.122. The average Bonchev–Trinajstić information content (AvgIpc) is 2.99. The summed E-state index contributed by atoms with van der Waals surface area (Å²) in [6.45, 7) is 1.36. The molecule has 2 fully saturated rings. The maximum absolute atomic E-state index is 12.7. The lowest BCUT2D eigenvalue weighted by atomic mass is 9.81. The van der Waals surface area contributed by atoms with Gasteiger partial charge in [-0.2, -0.15) is 8.42 Å². The van der Waals surface area contributed by atoms with Crippen LogP contribution in [0.2, 0.25) is 0 Å². The largest absolute Gasteiger partial charge is 0.379 e. The van der Waals surface area contributed by atoms with Gasteiger partial charge in [-0.3, -0.25) is 19.3 Å². The Balaban J connectivity index is 1.49. The number of fused-ring (bicyclic) bond motifs is 1. The van der Waals surface area contributed by atoms with E-state index in [1.807, 2.05) is 0 Å². The minimum Gasteiger partial charge on any atom is -0.379 e. The molecule has 0 aromatic heterocycles. The molecule has 9 heteroatoms. The lowest BCUT2D eigenvalue weighted by Gasteiger charge is -2.19. The number of hydrogen-bond acceptors (Lipinski definition) is 6. The number of anilines is 2. The Morgan fingerprint density at radius 3 is 2.00 bits per heavy atom. The highest BCUT2D eigenvalue weighted by Gasteiger charge is 2.48. The summed E-state index contributed by atoms with van der Waals surface area (Å²) in [4.78, 5) is 37.6. The van der Waals surface area contributed by atoms with Gasteiger partial charge in [0, 0.05) is 12.6 Å². The van der Waals surface area contributed by atoms with Crippen molar-refractivity contribution in [1.82, 2.24) is 0 Å². The van der Waals surface area contributed by atoms with Gasteiger partial charge in [0.15, 0.2) is 0 Å². The van der Waals surface area contributed by atoms with Crippen molar-refractivity contribution >= 4 is 39.2 Å². The molecule has 2 atom stereocenters. The second-order valence-corrected chi connectivity index (χ2v) is 9.29. The van der Waals surface area contributed by atoms with E-state index in [4.69, 9.17) is 4.18 Å². The Morgan fingerprint density at radius 2 is 1.48 bits per heavy atom. The summed E-state index contributed by atoms with van der Waals surface area (Å²) >= 11 is 0. The van der Waals surface area contributed by atoms with Crippen LogP contribution in [0.1, 0.15) is 32.6 Å². The lowest BCUT2D eigenvalue weighted by Crippen LogP contribution is -2.30. The van der Waals surface area contributed by atoms with E-state index in [1.165, 1.54) is 60.4 Å². The molecule has 8 nitrogen and oxygen atoms in total. The third-order valence-corrected chi connectivity index (χ3v) is 6.87. The van der Waals surface area contributed by atoms with Crippen molar-refractivity contribution in [3.05, 3.63) is 48.5 Å². The maximum atomic E-state index is 12.7. The van der Waals surface area contributed by atoms with Crippen molar-refractivity contribution in [2.45, 2.75) is 37.5 Å². The van der Waals surface area contributed by atoms with E-state index in [-0.39, 0.29) is 40.2 Å². The highest BCUT2D eigenvalue weighted by molar-refractivity contribution is 7.87. The number of rotatable bonds is 5. The van der Waals surface area contributed by atoms with Crippen LogP contribution in [0.15, 0.2) is 53.4 Å². The van der Waals surface area contributed by atoms with Crippen LogP contribution >= 0.6 is 0 Å². The number of nitrogens with one attached hydrogen (secondary N) is 1. The van der Waals surface area contributed by atoms with Gasteiger partial charge in [0.05, 0.1) is 17.5 Å². The van der Waals surface area contributed by atoms with Crippen molar-refractivity contribution in [1.29, 1.82) is 0 Å². The molecule has 2 aromatic rings. The monoisotopic (exact) mass is 442 g/mol. The fourth-order valence-electron chi connectivity index (χ4n) is 4.15. The zero-order chi connectivity index (χ0) is 22.2. The second-order valence-electron chi connectivity index (χ2n) is 7.75. The van der Waals surface area contributed by atoms with E-state index < -0.39 is 10.1 Å². The molecular weight excluding hydrogens is 420 g/mol. The molecule has 1 heterocycles. The van der Waals surface area contributed by atoms with Crippen LogP contribution in [0.5, 0.6) is 5.75 Å². The van der Waals surface area contributed by atoms with Crippen molar-refractivity contribution in [2.24, 2.45) is 11.8 Å². The predicted molar refractivity (Wildman–Crippen MR) is 113 cm³/mol. The van der Waals surface area contributed by atoms with E-state index in [1.54, 1.807) is 0 Å². The molecule has 2 aromatic carbocycles. The summed E-state index contributed by atoms with van der Waals surface area (Å²) in [5.41, 5.74) is 0.880. The summed E-state index contributed by atoms with van der Waals surface area (Å²) in [6.07, 6.45) is 3.35. The molecule has 162 valence electrons. The number of hydrogen-bond donors (Lipinski definition) is 1. The molecule has 2 aliphatic rings. The molecule has 0 spiro atoms. The smallest absolute Gasteiger partial charge is 0.339 e. The van der Waals surface area contributed by atoms with Gasteiger partial charge >= 0.3 is 10.1 Å². The number of carbonyl (C=O) groups is 3. The summed E-state index contributed by atoms with van der Waals surface area (Å²) in [7, 11) is -4.09. The molecule has 0 unspecified atom stereocenters. The van der Waals surface area contributed by atoms with E-state index in [0.717, 1.165) is 25.7 Å². The van der Waals surface area contributed by atoms with Crippen LogP contribution in [0.25, 0.3) is 0 Å². The van der Waals surface area contributed by atoms with Crippen molar-refractivity contribution in [2.75, 3.05) is 10.2 Å². The average molecular weight is 442 g/mol. The number of nitrogens with zero attached hydrogens (tertiary/aromatic N) is 1. The number of imide groups is 1. The van der Waals surface area contributed by atoms with Crippen molar-refractivity contribution in [3.63, 3.8) is 0 Å². The zero-order valence-corrected chi connectivity index (χ0v) is 17.7. The number of carbonyl (C=O) groups excluding carboxylic acids is 3. The van der Waals surface area contributed by atoms with Crippen molar-refractivity contribution in [3.8, 4) is 5.75 Å². The minimum absolute atomic E-state index is 0.0613. The summed E-state index contributed by atoms with van der Waals surface area (Å²) < 4.78 is 30.2. The van der Waals surface area contributed by atoms with Crippen LogP contribution in [0, 0.1) is 11.8 Å².